The van der Waals surface area contributed by atoms with Crippen molar-refractivity contribution in [2.24, 2.45) is 5.73 Å². The van der Waals surface area contributed by atoms with Crippen LogP contribution in [0.3, 0.4) is 0 Å². The number of ether oxygens (including phenoxy) is 1. The molecule has 6 heteroatoms. The second kappa shape index (κ2) is 7.68. The molecule has 0 radical (unpaired) electrons. The van der Waals surface area contributed by atoms with E-state index < -0.39 is 0 Å². The minimum Gasteiger partial charge on any atom is -0.370 e. The fraction of sp³-hybridized carbons (Fsp3) is 0.818. The van der Waals surface area contributed by atoms with Crippen LogP contribution in [0.4, 0.5) is 0 Å². The quantitative estimate of drug-likeness (QED) is 0.772. The molecule has 5 nitrogen and oxygen atoms in total. The Morgan fingerprint density at radius 2 is 2.24 bits per heavy atom. The average molecular weight is 259 g/mol. The highest BCUT2D eigenvalue weighted by atomic mass is 32.2. The molecule has 0 saturated carbocycles. The van der Waals surface area contributed by atoms with Gasteiger partial charge in [-0.1, -0.05) is 12.1 Å². The van der Waals surface area contributed by atoms with Gasteiger partial charge in [-0.2, -0.15) is 16.7 Å². The van der Waals surface area contributed by atoms with E-state index >= 15 is 0 Å². The molecule has 0 aliphatic heterocycles. The molecule has 1 aromatic rings. The minimum absolute atomic E-state index is 0.0924. The first-order valence-electron chi connectivity index (χ1n) is 5.92. The van der Waals surface area contributed by atoms with Gasteiger partial charge in [0, 0.05) is 6.61 Å². The summed E-state index contributed by atoms with van der Waals surface area (Å²) in [6.07, 6.45) is 3.63. The second-order valence-corrected chi connectivity index (χ2v) is 4.72. The Morgan fingerprint density at radius 3 is 2.82 bits per heavy atom. The number of nitrogens with two attached hydrogens (primary N) is 1. The Morgan fingerprint density at radius 1 is 1.47 bits per heavy atom. The summed E-state index contributed by atoms with van der Waals surface area (Å²) in [5.74, 6) is 2.10. The van der Waals surface area contributed by atoms with Crippen LogP contribution in [0.15, 0.2) is 4.52 Å². The molecule has 0 fully saturated rings. The van der Waals surface area contributed by atoms with Gasteiger partial charge >= 0.3 is 0 Å². The van der Waals surface area contributed by atoms with Crippen molar-refractivity contribution in [2.45, 2.75) is 38.8 Å². The molecule has 2 N–H and O–H groups in total. The monoisotopic (exact) mass is 259 g/mol. The lowest BCUT2D eigenvalue weighted by Crippen LogP contribution is -2.12. The molecular weight excluding hydrogens is 238 g/mol. The SMILES string of the molecule is CCOC(CC)c1noc([C@H](N)CCSC)n1. The number of rotatable bonds is 8. The Labute approximate surface area is 106 Å². The Bertz CT molecular complexity index is 319. The number of hydrogen-bond acceptors (Lipinski definition) is 6. The molecule has 17 heavy (non-hydrogen) atoms. The molecule has 1 rings (SSSR count). The highest BCUT2D eigenvalue weighted by Gasteiger charge is 2.19. The van der Waals surface area contributed by atoms with Crippen LogP contribution in [-0.2, 0) is 4.74 Å². The van der Waals surface area contributed by atoms with Crippen LogP contribution < -0.4 is 5.73 Å². The summed E-state index contributed by atoms with van der Waals surface area (Å²) in [6.45, 7) is 4.62. The van der Waals surface area contributed by atoms with E-state index in [1.54, 1.807) is 11.8 Å². The summed E-state index contributed by atoms with van der Waals surface area (Å²) in [4.78, 5) is 4.32. The molecule has 98 valence electrons. The zero-order valence-electron chi connectivity index (χ0n) is 10.7. The molecule has 0 aromatic carbocycles. The molecule has 1 aromatic heterocycles. The van der Waals surface area contributed by atoms with Crippen molar-refractivity contribution in [3.8, 4) is 0 Å². The summed E-state index contributed by atoms with van der Waals surface area (Å²) in [5, 5.41) is 3.94. The third-order valence-electron chi connectivity index (χ3n) is 2.43. The van der Waals surface area contributed by atoms with E-state index in [1.165, 1.54) is 0 Å². The lowest BCUT2D eigenvalue weighted by Gasteiger charge is -2.09. The van der Waals surface area contributed by atoms with Crippen LogP contribution in [0.2, 0.25) is 0 Å². The normalized spacial score (nSPS) is 14.8. The van der Waals surface area contributed by atoms with Crippen molar-refractivity contribution >= 4 is 11.8 Å². The molecule has 0 bridgehead atoms. The van der Waals surface area contributed by atoms with E-state index in [0.29, 0.717) is 18.3 Å². The summed E-state index contributed by atoms with van der Waals surface area (Å²) in [5.41, 5.74) is 5.96. The average Bonchev–Trinajstić information content (AvgIpc) is 2.82. The molecular formula is C11H21N3O2S. The standard InChI is InChI=1S/C11H21N3O2S/c1-4-9(15-5-2)10-13-11(16-14-10)8(12)6-7-17-3/h8-9H,4-7,12H2,1-3H3/t8-,9?/m1/s1. The van der Waals surface area contributed by atoms with Gasteiger partial charge in [-0.3, -0.25) is 0 Å². The lowest BCUT2D eigenvalue weighted by atomic mass is 10.2. The summed E-state index contributed by atoms with van der Waals surface area (Å²) < 4.78 is 10.7. The second-order valence-electron chi connectivity index (χ2n) is 3.73. The minimum atomic E-state index is -0.178. The van der Waals surface area contributed by atoms with Crippen molar-refractivity contribution in [1.29, 1.82) is 0 Å². The fourth-order valence-corrected chi connectivity index (χ4v) is 1.96. The van der Waals surface area contributed by atoms with Crippen LogP contribution in [0.25, 0.3) is 0 Å². The number of nitrogens with zero attached hydrogens (tertiary/aromatic N) is 2. The predicted octanol–water partition coefficient (Wildman–Crippen LogP) is 2.31. The third kappa shape index (κ3) is 4.29. The van der Waals surface area contributed by atoms with E-state index in [-0.39, 0.29) is 12.1 Å². The van der Waals surface area contributed by atoms with Crippen molar-refractivity contribution in [3.63, 3.8) is 0 Å². The molecule has 0 amide bonds. The van der Waals surface area contributed by atoms with E-state index in [1.807, 2.05) is 20.1 Å². The molecule has 1 heterocycles. The van der Waals surface area contributed by atoms with Gasteiger partial charge < -0.3 is 15.0 Å². The Balaban J connectivity index is 2.62. The first-order valence-corrected chi connectivity index (χ1v) is 7.31. The summed E-state index contributed by atoms with van der Waals surface area (Å²) >= 11 is 1.76. The maximum atomic E-state index is 5.96. The molecule has 1 unspecified atom stereocenters. The molecule has 0 saturated heterocycles. The Hall–Kier alpha value is -0.590. The van der Waals surface area contributed by atoms with E-state index in [9.17, 15) is 0 Å². The third-order valence-corrected chi connectivity index (χ3v) is 3.08. The van der Waals surface area contributed by atoms with Gasteiger partial charge in [-0.05, 0) is 31.8 Å². The van der Waals surface area contributed by atoms with Crippen molar-refractivity contribution in [2.75, 3.05) is 18.6 Å². The maximum Gasteiger partial charge on any atom is 0.243 e. The topological polar surface area (TPSA) is 74.2 Å². The van der Waals surface area contributed by atoms with Crippen LogP contribution >= 0.6 is 11.8 Å². The van der Waals surface area contributed by atoms with Gasteiger partial charge in [0.15, 0.2) is 0 Å². The van der Waals surface area contributed by atoms with Crippen molar-refractivity contribution in [1.82, 2.24) is 10.1 Å². The predicted molar refractivity (Wildman–Crippen MR) is 68.9 cm³/mol. The number of aromatic nitrogens is 2. The zero-order chi connectivity index (χ0) is 12.7. The fourth-order valence-electron chi connectivity index (χ4n) is 1.47. The van der Waals surface area contributed by atoms with Crippen LogP contribution in [0.1, 0.15) is 50.6 Å². The van der Waals surface area contributed by atoms with Gasteiger partial charge in [-0.15, -0.1) is 0 Å². The lowest BCUT2D eigenvalue weighted by molar-refractivity contribution is 0.0518. The van der Waals surface area contributed by atoms with Crippen LogP contribution in [0, 0.1) is 0 Å². The molecule has 0 spiro atoms. The van der Waals surface area contributed by atoms with Gasteiger partial charge in [0.25, 0.3) is 0 Å². The van der Waals surface area contributed by atoms with Crippen LogP contribution in [0.5, 0.6) is 0 Å². The van der Waals surface area contributed by atoms with Gasteiger partial charge in [0.05, 0.1) is 6.04 Å². The van der Waals surface area contributed by atoms with Crippen LogP contribution in [-0.4, -0.2) is 28.8 Å². The molecule has 2 atom stereocenters. The maximum absolute atomic E-state index is 5.96. The first kappa shape index (κ1) is 14.5. The van der Waals surface area contributed by atoms with E-state index in [2.05, 4.69) is 10.1 Å². The van der Waals surface area contributed by atoms with Crippen molar-refractivity contribution in [3.05, 3.63) is 11.7 Å². The zero-order valence-corrected chi connectivity index (χ0v) is 11.5. The highest BCUT2D eigenvalue weighted by Crippen LogP contribution is 2.20. The van der Waals surface area contributed by atoms with E-state index in [4.69, 9.17) is 15.0 Å². The van der Waals surface area contributed by atoms with Crippen molar-refractivity contribution < 1.29 is 9.26 Å². The van der Waals surface area contributed by atoms with Gasteiger partial charge in [0.1, 0.15) is 6.10 Å². The summed E-state index contributed by atoms with van der Waals surface area (Å²) in [6, 6.07) is -0.178. The van der Waals surface area contributed by atoms with Gasteiger partial charge in [0.2, 0.25) is 11.7 Å². The molecule has 0 aliphatic rings. The molecule has 0 aliphatic carbocycles. The highest BCUT2D eigenvalue weighted by molar-refractivity contribution is 7.98. The largest absolute Gasteiger partial charge is 0.370 e. The van der Waals surface area contributed by atoms with Gasteiger partial charge in [-0.25, -0.2) is 0 Å². The first-order chi connectivity index (χ1) is 8.22. The van der Waals surface area contributed by atoms with E-state index in [0.717, 1.165) is 18.6 Å². The summed E-state index contributed by atoms with van der Waals surface area (Å²) in [7, 11) is 0. The Kier molecular flexibility index (Phi) is 6.54. The number of hydrogen-bond donors (Lipinski definition) is 1. The smallest absolute Gasteiger partial charge is 0.243 e. The number of thioether (sulfide) groups is 1.